The van der Waals surface area contributed by atoms with Crippen LogP contribution in [0.2, 0.25) is 0 Å². The molecule has 116 valence electrons. The third-order valence-corrected chi connectivity index (χ3v) is 3.70. The number of hydrogen-bond acceptors (Lipinski definition) is 3. The van der Waals surface area contributed by atoms with Crippen molar-refractivity contribution in [2.75, 3.05) is 13.2 Å². The van der Waals surface area contributed by atoms with E-state index in [1.165, 1.54) is 0 Å². The van der Waals surface area contributed by atoms with E-state index in [1.54, 1.807) is 0 Å². The summed E-state index contributed by atoms with van der Waals surface area (Å²) in [5.41, 5.74) is 1.10. The normalized spacial score (nSPS) is 19.5. The first kappa shape index (κ1) is 15.8. The molecule has 0 spiro atoms. The van der Waals surface area contributed by atoms with Gasteiger partial charge in [-0.1, -0.05) is 26.0 Å². The van der Waals surface area contributed by atoms with Gasteiger partial charge in [-0.25, -0.2) is 0 Å². The molecule has 4 heteroatoms. The molecule has 2 rings (SSSR count). The van der Waals surface area contributed by atoms with E-state index in [4.69, 9.17) is 4.74 Å². The summed E-state index contributed by atoms with van der Waals surface area (Å²) in [7, 11) is 0. The second-order valence-corrected chi connectivity index (χ2v) is 6.15. The number of benzene rings is 1. The number of carbonyl (C=O) groups excluding carboxylic acids is 1. The standard InChI is InChI=1S/C17H26N2O2/c1-12(2)11-21-15-8-6-14(7-9-15)13(3)19-17(20)16-5-4-10-18-16/h6-9,12-13,16,18H,4-5,10-11H2,1-3H3,(H,19,20). The largest absolute Gasteiger partial charge is 0.493 e. The van der Waals surface area contributed by atoms with Crippen LogP contribution < -0.4 is 15.4 Å². The predicted octanol–water partition coefficient (Wildman–Crippen LogP) is 2.65. The molecule has 21 heavy (non-hydrogen) atoms. The molecule has 1 aromatic rings. The lowest BCUT2D eigenvalue weighted by Crippen LogP contribution is -2.41. The minimum atomic E-state index is -0.0268. The maximum absolute atomic E-state index is 12.1. The van der Waals surface area contributed by atoms with Crippen molar-refractivity contribution in [2.45, 2.75) is 45.7 Å². The Bertz CT molecular complexity index is 450. The van der Waals surface area contributed by atoms with Gasteiger partial charge in [0.05, 0.1) is 18.7 Å². The van der Waals surface area contributed by atoms with E-state index in [-0.39, 0.29) is 18.0 Å². The average molecular weight is 290 g/mol. The van der Waals surface area contributed by atoms with Gasteiger partial charge >= 0.3 is 0 Å². The molecule has 2 unspecified atom stereocenters. The molecule has 2 N–H and O–H groups in total. The van der Waals surface area contributed by atoms with Gasteiger partial charge in [0.1, 0.15) is 5.75 Å². The van der Waals surface area contributed by atoms with Crippen LogP contribution in [0.4, 0.5) is 0 Å². The number of amides is 1. The molecule has 1 amide bonds. The number of carbonyl (C=O) groups is 1. The first-order valence-corrected chi connectivity index (χ1v) is 7.83. The smallest absolute Gasteiger partial charge is 0.237 e. The van der Waals surface area contributed by atoms with Crippen LogP contribution in [0.3, 0.4) is 0 Å². The van der Waals surface area contributed by atoms with Gasteiger partial charge in [-0.3, -0.25) is 4.79 Å². The van der Waals surface area contributed by atoms with Crippen LogP contribution in [-0.4, -0.2) is 25.1 Å². The van der Waals surface area contributed by atoms with Crippen LogP contribution in [0.25, 0.3) is 0 Å². The highest BCUT2D eigenvalue weighted by Crippen LogP contribution is 2.18. The second-order valence-electron chi connectivity index (χ2n) is 6.15. The molecule has 4 nitrogen and oxygen atoms in total. The molecule has 1 aliphatic heterocycles. The molecule has 1 heterocycles. The number of rotatable bonds is 6. The SMILES string of the molecule is CC(C)COc1ccc(C(C)NC(=O)C2CCCN2)cc1. The van der Waals surface area contributed by atoms with Crippen molar-refractivity contribution in [1.82, 2.24) is 10.6 Å². The highest BCUT2D eigenvalue weighted by atomic mass is 16.5. The number of nitrogens with one attached hydrogen (secondary N) is 2. The lowest BCUT2D eigenvalue weighted by atomic mass is 10.1. The molecule has 1 aliphatic rings. The van der Waals surface area contributed by atoms with Crippen LogP contribution >= 0.6 is 0 Å². The van der Waals surface area contributed by atoms with Gasteiger partial charge in [-0.15, -0.1) is 0 Å². The Morgan fingerprint density at radius 3 is 2.62 bits per heavy atom. The first-order valence-electron chi connectivity index (χ1n) is 7.83. The van der Waals surface area contributed by atoms with E-state index in [0.717, 1.165) is 37.3 Å². The van der Waals surface area contributed by atoms with Crippen molar-refractivity contribution < 1.29 is 9.53 Å². The first-order chi connectivity index (χ1) is 10.1. The molecule has 0 bridgehead atoms. The predicted molar refractivity (Wildman–Crippen MR) is 84.4 cm³/mol. The van der Waals surface area contributed by atoms with Crippen LogP contribution in [0.1, 0.15) is 45.2 Å². The molecule has 0 saturated carbocycles. The molecule has 0 radical (unpaired) electrons. The summed E-state index contributed by atoms with van der Waals surface area (Å²) in [5, 5.41) is 6.28. The zero-order chi connectivity index (χ0) is 15.2. The lowest BCUT2D eigenvalue weighted by Gasteiger charge is -2.18. The highest BCUT2D eigenvalue weighted by molar-refractivity contribution is 5.82. The van der Waals surface area contributed by atoms with Gasteiger partial charge in [0.25, 0.3) is 0 Å². The Hall–Kier alpha value is -1.55. The molecule has 0 aromatic heterocycles. The Balaban J connectivity index is 1.87. The van der Waals surface area contributed by atoms with Crippen molar-refractivity contribution >= 4 is 5.91 Å². The van der Waals surface area contributed by atoms with Gasteiger partial charge in [-0.2, -0.15) is 0 Å². The average Bonchev–Trinajstić information content (AvgIpc) is 3.00. The van der Waals surface area contributed by atoms with E-state index in [2.05, 4.69) is 24.5 Å². The minimum absolute atomic E-state index is 0.0130. The van der Waals surface area contributed by atoms with Crippen LogP contribution in [0.5, 0.6) is 5.75 Å². The van der Waals surface area contributed by atoms with Crippen LogP contribution in [0, 0.1) is 5.92 Å². The van der Waals surface area contributed by atoms with E-state index in [0.29, 0.717) is 5.92 Å². The molecule has 0 aliphatic carbocycles. The summed E-state index contributed by atoms with van der Waals surface area (Å²) in [5.74, 6) is 1.49. The second kappa shape index (κ2) is 7.46. The summed E-state index contributed by atoms with van der Waals surface area (Å²) >= 11 is 0. The monoisotopic (exact) mass is 290 g/mol. The fraction of sp³-hybridized carbons (Fsp3) is 0.588. The zero-order valence-electron chi connectivity index (χ0n) is 13.2. The summed E-state index contributed by atoms with van der Waals surface area (Å²) in [4.78, 5) is 12.1. The summed E-state index contributed by atoms with van der Waals surface area (Å²) in [6, 6.07) is 7.95. The highest BCUT2D eigenvalue weighted by Gasteiger charge is 2.23. The van der Waals surface area contributed by atoms with Crippen LogP contribution in [-0.2, 0) is 4.79 Å². The Labute approximate surface area is 127 Å². The van der Waals surface area contributed by atoms with Gasteiger partial charge in [0, 0.05) is 0 Å². The van der Waals surface area contributed by atoms with Crippen LogP contribution in [0.15, 0.2) is 24.3 Å². The van der Waals surface area contributed by atoms with Crippen molar-refractivity contribution in [3.63, 3.8) is 0 Å². The topological polar surface area (TPSA) is 50.4 Å². The Morgan fingerprint density at radius 2 is 2.05 bits per heavy atom. The molecule has 1 saturated heterocycles. The number of ether oxygens (including phenoxy) is 1. The molecular weight excluding hydrogens is 264 g/mol. The van der Waals surface area contributed by atoms with Gasteiger partial charge in [0.2, 0.25) is 5.91 Å². The Morgan fingerprint density at radius 1 is 1.33 bits per heavy atom. The number of hydrogen-bond donors (Lipinski definition) is 2. The molecule has 1 fully saturated rings. The fourth-order valence-electron chi connectivity index (χ4n) is 2.42. The quantitative estimate of drug-likeness (QED) is 0.847. The van der Waals surface area contributed by atoms with E-state index in [9.17, 15) is 4.79 Å². The lowest BCUT2D eigenvalue weighted by molar-refractivity contribution is -0.123. The fourth-order valence-corrected chi connectivity index (χ4v) is 2.42. The van der Waals surface area contributed by atoms with Crippen molar-refractivity contribution in [3.8, 4) is 5.75 Å². The maximum Gasteiger partial charge on any atom is 0.237 e. The molecular formula is C17H26N2O2. The Kier molecular flexibility index (Phi) is 5.62. The van der Waals surface area contributed by atoms with Crippen molar-refractivity contribution in [2.24, 2.45) is 5.92 Å². The third kappa shape index (κ3) is 4.74. The van der Waals surface area contributed by atoms with Gasteiger partial charge in [-0.05, 0) is 49.9 Å². The molecule has 2 atom stereocenters. The van der Waals surface area contributed by atoms with E-state index in [1.807, 2.05) is 31.2 Å². The maximum atomic E-state index is 12.1. The van der Waals surface area contributed by atoms with Gasteiger partial charge in [0.15, 0.2) is 0 Å². The summed E-state index contributed by atoms with van der Waals surface area (Å²) in [6.45, 7) is 7.93. The van der Waals surface area contributed by atoms with Crippen molar-refractivity contribution in [3.05, 3.63) is 29.8 Å². The third-order valence-electron chi connectivity index (χ3n) is 3.70. The van der Waals surface area contributed by atoms with Crippen molar-refractivity contribution in [1.29, 1.82) is 0 Å². The summed E-state index contributed by atoms with van der Waals surface area (Å²) in [6.07, 6.45) is 2.01. The van der Waals surface area contributed by atoms with E-state index >= 15 is 0 Å². The summed E-state index contributed by atoms with van der Waals surface area (Å²) < 4.78 is 5.67. The zero-order valence-corrected chi connectivity index (χ0v) is 13.2. The molecule has 1 aromatic carbocycles. The van der Waals surface area contributed by atoms with E-state index < -0.39 is 0 Å². The minimum Gasteiger partial charge on any atom is -0.493 e. The van der Waals surface area contributed by atoms with Gasteiger partial charge < -0.3 is 15.4 Å².